The molecule has 1 aliphatic rings. The fraction of sp³-hybridized carbons (Fsp3) is 0.429. The Morgan fingerprint density at radius 3 is 2.57 bits per heavy atom. The zero-order valence-corrected chi connectivity index (χ0v) is 12.4. The topological polar surface area (TPSA) is 96.3 Å². The van der Waals surface area contributed by atoms with E-state index < -0.39 is 27.2 Å². The molecule has 1 aromatic carbocycles. The lowest BCUT2D eigenvalue weighted by molar-refractivity contribution is -0.145. The van der Waals surface area contributed by atoms with Crippen LogP contribution in [0.1, 0.15) is 24.8 Å². The first kappa shape index (κ1) is 15.3. The normalized spacial score (nSPS) is 21.5. The molecule has 1 aromatic rings. The van der Waals surface area contributed by atoms with Crippen molar-refractivity contribution in [2.75, 3.05) is 11.8 Å². The summed E-state index contributed by atoms with van der Waals surface area (Å²) in [6.07, 6.45) is 1.63. The van der Waals surface area contributed by atoms with Gasteiger partial charge < -0.3 is 4.74 Å². The van der Waals surface area contributed by atoms with E-state index in [-0.39, 0.29) is 0 Å². The number of benzene rings is 1. The molecule has 7 heteroatoms. The highest BCUT2D eigenvalue weighted by atomic mass is 32.2. The van der Waals surface area contributed by atoms with Gasteiger partial charge in [-0.25, -0.2) is 8.42 Å². The first-order chi connectivity index (χ1) is 9.97. The number of ether oxygens (including phenoxy) is 1. The second-order valence-electron chi connectivity index (χ2n) is 4.94. The average Bonchev–Trinajstić information content (AvgIpc) is 2.97. The SMILES string of the molecule is COC(=O)C1CCCC1S(=O)(=O)Nc1ccc(C#N)cc1. The van der Waals surface area contributed by atoms with Crippen LogP contribution >= 0.6 is 0 Å². The Morgan fingerprint density at radius 2 is 2.00 bits per heavy atom. The largest absolute Gasteiger partial charge is 0.469 e. The van der Waals surface area contributed by atoms with E-state index in [9.17, 15) is 13.2 Å². The molecule has 21 heavy (non-hydrogen) atoms. The van der Waals surface area contributed by atoms with E-state index in [1.807, 2.05) is 6.07 Å². The Balaban J connectivity index is 2.17. The van der Waals surface area contributed by atoms with Crippen molar-refractivity contribution in [1.29, 1.82) is 5.26 Å². The number of esters is 1. The van der Waals surface area contributed by atoms with Gasteiger partial charge in [-0.2, -0.15) is 5.26 Å². The summed E-state index contributed by atoms with van der Waals surface area (Å²) in [5, 5.41) is 7.94. The molecule has 0 amide bonds. The summed E-state index contributed by atoms with van der Waals surface area (Å²) in [4.78, 5) is 11.7. The van der Waals surface area contributed by atoms with Crippen LogP contribution in [0.2, 0.25) is 0 Å². The van der Waals surface area contributed by atoms with Crippen molar-refractivity contribution < 1.29 is 17.9 Å². The Kier molecular flexibility index (Phi) is 4.48. The fourth-order valence-corrected chi connectivity index (χ4v) is 4.34. The van der Waals surface area contributed by atoms with Crippen LogP contribution in [0.4, 0.5) is 5.69 Å². The maximum Gasteiger partial charge on any atom is 0.310 e. The monoisotopic (exact) mass is 308 g/mol. The van der Waals surface area contributed by atoms with Crippen molar-refractivity contribution >= 4 is 21.7 Å². The lowest BCUT2D eigenvalue weighted by Crippen LogP contribution is -2.35. The summed E-state index contributed by atoms with van der Waals surface area (Å²) in [6, 6.07) is 8.08. The molecular formula is C14H16N2O4S. The van der Waals surface area contributed by atoms with Crippen LogP contribution in [0.25, 0.3) is 0 Å². The van der Waals surface area contributed by atoms with Crippen LogP contribution in [-0.4, -0.2) is 26.7 Å². The third kappa shape index (κ3) is 3.34. The predicted molar refractivity (Wildman–Crippen MR) is 76.8 cm³/mol. The molecule has 0 saturated heterocycles. The van der Waals surface area contributed by atoms with Gasteiger partial charge in [0, 0.05) is 5.69 Å². The lowest BCUT2D eigenvalue weighted by Gasteiger charge is -2.19. The fourth-order valence-electron chi connectivity index (χ4n) is 2.57. The van der Waals surface area contributed by atoms with Gasteiger partial charge in [-0.1, -0.05) is 6.42 Å². The summed E-state index contributed by atoms with van der Waals surface area (Å²) in [7, 11) is -2.41. The van der Waals surface area contributed by atoms with Crippen LogP contribution < -0.4 is 4.72 Å². The minimum absolute atomic E-state index is 0.379. The Hall–Kier alpha value is -2.07. The summed E-state index contributed by atoms with van der Waals surface area (Å²) in [6.45, 7) is 0. The molecule has 1 N–H and O–H groups in total. The lowest BCUT2D eigenvalue weighted by atomic mass is 10.1. The number of carbonyl (C=O) groups is 1. The number of hydrogen-bond acceptors (Lipinski definition) is 5. The van der Waals surface area contributed by atoms with Crippen molar-refractivity contribution in [3.63, 3.8) is 0 Å². The molecule has 112 valence electrons. The van der Waals surface area contributed by atoms with E-state index in [1.54, 1.807) is 0 Å². The maximum atomic E-state index is 12.4. The van der Waals surface area contributed by atoms with Gasteiger partial charge in [0.15, 0.2) is 0 Å². The Morgan fingerprint density at radius 1 is 1.33 bits per heavy atom. The van der Waals surface area contributed by atoms with E-state index in [0.717, 1.165) is 0 Å². The molecule has 1 fully saturated rings. The summed E-state index contributed by atoms with van der Waals surface area (Å²) in [5.41, 5.74) is 0.829. The third-order valence-corrected chi connectivity index (χ3v) is 5.51. The Labute approximate surface area is 123 Å². The summed E-state index contributed by atoms with van der Waals surface area (Å²) < 4.78 is 32.0. The third-order valence-electron chi connectivity index (χ3n) is 3.63. The van der Waals surface area contributed by atoms with Crippen molar-refractivity contribution in [2.45, 2.75) is 24.5 Å². The predicted octanol–water partition coefficient (Wildman–Crippen LogP) is 1.64. The molecule has 2 rings (SSSR count). The van der Waals surface area contributed by atoms with Gasteiger partial charge in [-0.05, 0) is 37.1 Å². The average molecular weight is 308 g/mol. The van der Waals surface area contributed by atoms with Gasteiger partial charge in [0.05, 0.1) is 29.9 Å². The molecular weight excluding hydrogens is 292 g/mol. The van der Waals surface area contributed by atoms with Crippen molar-refractivity contribution in [2.24, 2.45) is 5.92 Å². The van der Waals surface area contributed by atoms with E-state index in [1.165, 1.54) is 31.4 Å². The van der Waals surface area contributed by atoms with Crippen LogP contribution in [0, 0.1) is 17.2 Å². The number of nitrogens with one attached hydrogen (secondary N) is 1. The van der Waals surface area contributed by atoms with Crippen molar-refractivity contribution in [3.05, 3.63) is 29.8 Å². The van der Waals surface area contributed by atoms with Gasteiger partial charge in [0.2, 0.25) is 10.0 Å². The molecule has 0 heterocycles. The molecule has 1 saturated carbocycles. The number of rotatable bonds is 4. The molecule has 0 bridgehead atoms. The Bertz CT molecular complexity index is 661. The van der Waals surface area contributed by atoms with Gasteiger partial charge >= 0.3 is 5.97 Å². The van der Waals surface area contributed by atoms with Gasteiger partial charge in [0.25, 0.3) is 0 Å². The number of sulfonamides is 1. The summed E-state index contributed by atoms with van der Waals surface area (Å²) >= 11 is 0. The van der Waals surface area contributed by atoms with Gasteiger partial charge in [0.1, 0.15) is 0 Å². The standard InChI is InChI=1S/C14H16N2O4S/c1-20-14(17)12-3-2-4-13(12)21(18,19)16-11-7-5-10(9-15)6-8-11/h5-8,12-13,16H,2-4H2,1H3. The highest BCUT2D eigenvalue weighted by Gasteiger charge is 2.42. The first-order valence-electron chi connectivity index (χ1n) is 6.57. The molecule has 2 unspecified atom stereocenters. The maximum absolute atomic E-state index is 12.4. The smallest absolute Gasteiger partial charge is 0.310 e. The minimum Gasteiger partial charge on any atom is -0.469 e. The van der Waals surface area contributed by atoms with E-state index in [0.29, 0.717) is 30.5 Å². The van der Waals surface area contributed by atoms with E-state index >= 15 is 0 Å². The molecule has 0 aliphatic heterocycles. The number of hydrogen-bond donors (Lipinski definition) is 1. The molecule has 0 spiro atoms. The van der Waals surface area contributed by atoms with Crippen molar-refractivity contribution in [3.8, 4) is 6.07 Å². The van der Waals surface area contributed by atoms with E-state index in [4.69, 9.17) is 5.26 Å². The highest BCUT2D eigenvalue weighted by Crippen LogP contribution is 2.32. The summed E-state index contributed by atoms with van der Waals surface area (Å²) in [5.74, 6) is -1.10. The van der Waals surface area contributed by atoms with Gasteiger partial charge in [-0.15, -0.1) is 0 Å². The quantitative estimate of drug-likeness (QED) is 0.853. The van der Waals surface area contributed by atoms with Crippen molar-refractivity contribution in [1.82, 2.24) is 0 Å². The van der Waals surface area contributed by atoms with E-state index in [2.05, 4.69) is 9.46 Å². The second kappa shape index (κ2) is 6.14. The molecule has 0 aromatic heterocycles. The number of nitriles is 1. The zero-order chi connectivity index (χ0) is 15.5. The molecule has 2 atom stereocenters. The number of carbonyl (C=O) groups excluding carboxylic acids is 1. The molecule has 6 nitrogen and oxygen atoms in total. The molecule has 1 aliphatic carbocycles. The van der Waals surface area contributed by atoms with Crippen LogP contribution in [0.5, 0.6) is 0 Å². The van der Waals surface area contributed by atoms with Gasteiger partial charge in [-0.3, -0.25) is 9.52 Å². The number of nitrogens with zero attached hydrogens (tertiary/aromatic N) is 1. The zero-order valence-electron chi connectivity index (χ0n) is 11.6. The van der Waals surface area contributed by atoms with Crippen LogP contribution in [-0.2, 0) is 19.6 Å². The number of anilines is 1. The first-order valence-corrected chi connectivity index (χ1v) is 8.12. The minimum atomic E-state index is -3.67. The van der Waals surface area contributed by atoms with Crippen LogP contribution in [0.15, 0.2) is 24.3 Å². The highest BCUT2D eigenvalue weighted by molar-refractivity contribution is 7.93. The number of methoxy groups -OCH3 is 1. The van der Waals surface area contributed by atoms with Crippen LogP contribution in [0.3, 0.4) is 0 Å². The molecule has 0 radical (unpaired) electrons. The second-order valence-corrected chi connectivity index (χ2v) is 6.83.